The van der Waals surface area contributed by atoms with Crippen LogP contribution >= 0.6 is 0 Å². The fraction of sp³-hybridized carbons (Fsp3) is 0.0526. The van der Waals surface area contributed by atoms with Crippen LogP contribution in [0.1, 0.15) is 15.9 Å². The molecule has 2 heterocycles. The van der Waals surface area contributed by atoms with Gasteiger partial charge in [-0.25, -0.2) is 9.97 Å². The lowest BCUT2D eigenvalue weighted by atomic mass is 10.1. The van der Waals surface area contributed by atoms with Crippen molar-refractivity contribution in [3.05, 3.63) is 84.6 Å². The minimum absolute atomic E-state index is 0.208. The molecule has 1 N–H and O–H groups in total. The Balaban J connectivity index is 1.49. The summed E-state index contributed by atoms with van der Waals surface area (Å²) in [7, 11) is 0. The zero-order chi connectivity index (χ0) is 17.1. The number of carbonyl (C=O) groups is 1. The molecule has 1 amide bonds. The van der Waals surface area contributed by atoms with E-state index in [0.717, 1.165) is 16.6 Å². The number of amides is 1. The van der Waals surface area contributed by atoms with Gasteiger partial charge in [0.1, 0.15) is 0 Å². The number of imidazole rings is 1. The second-order valence-corrected chi connectivity index (χ2v) is 5.60. The van der Waals surface area contributed by atoms with Crippen LogP contribution < -0.4 is 5.32 Å². The summed E-state index contributed by atoms with van der Waals surface area (Å²) in [6.07, 6.45) is 6.44. The highest BCUT2D eigenvalue weighted by molar-refractivity contribution is 6.03. The fourth-order valence-electron chi connectivity index (χ4n) is 2.65. The predicted molar refractivity (Wildman–Crippen MR) is 95.3 cm³/mol. The third kappa shape index (κ3) is 3.23. The van der Waals surface area contributed by atoms with Crippen molar-refractivity contribution >= 4 is 22.8 Å². The van der Waals surface area contributed by atoms with Crippen LogP contribution in [0.5, 0.6) is 0 Å². The number of para-hydroxylation sites is 2. The highest BCUT2D eigenvalue weighted by Gasteiger charge is 2.07. The Kier molecular flexibility index (Phi) is 3.92. The van der Waals surface area contributed by atoms with Crippen LogP contribution in [-0.4, -0.2) is 25.4 Å². The molecule has 6 nitrogen and oxygen atoms in total. The third-order valence-electron chi connectivity index (χ3n) is 3.90. The first-order valence-corrected chi connectivity index (χ1v) is 7.86. The Morgan fingerprint density at radius 2 is 1.84 bits per heavy atom. The maximum Gasteiger partial charge on any atom is 0.256 e. The molecule has 4 aromatic rings. The van der Waals surface area contributed by atoms with Gasteiger partial charge in [-0.15, -0.1) is 0 Å². The highest BCUT2D eigenvalue weighted by Crippen LogP contribution is 2.15. The zero-order valence-corrected chi connectivity index (χ0v) is 13.3. The maximum atomic E-state index is 12.2. The summed E-state index contributed by atoms with van der Waals surface area (Å²) in [6.45, 7) is 0.701. The van der Waals surface area contributed by atoms with Crippen LogP contribution in [0.25, 0.3) is 11.0 Å². The first-order chi connectivity index (χ1) is 12.3. The van der Waals surface area contributed by atoms with Crippen molar-refractivity contribution in [2.75, 3.05) is 5.32 Å². The molecule has 25 heavy (non-hydrogen) atoms. The normalized spacial score (nSPS) is 10.7. The van der Waals surface area contributed by atoms with Crippen molar-refractivity contribution in [1.82, 2.24) is 19.5 Å². The molecule has 0 fully saturated rings. The summed E-state index contributed by atoms with van der Waals surface area (Å²) in [6, 6.07) is 15.5. The van der Waals surface area contributed by atoms with Crippen molar-refractivity contribution in [2.24, 2.45) is 0 Å². The van der Waals surface area contributed by atoms with E-state index in [1.165, 1.54) is 12.4 Å². The van der Waals surface area contributed by atoms with Crippen molar-refractivity contribution in [1.29, 1.82) is 0 Å². The second-order valence-electron chi connectivity index (χ2n) is 5.60. The zero-order valence-electron chi connectivity index (χ0n) is 13.3. The van der Waals surface area contributed by atoms with Crippen LogP contribution in [0, 0.1) is 0 Å². The van der Waals surface area contributed by atoms with E-state index in [1.807, 2.05) is 42.7 Å². The number of nitrogens with zero attached hydrogens (tertiary/aromatic N) is 4. The molecule has 0 atom stereocenters. The van der Waals surface area contributed by atoms with Crippen molar-refractivity contribution in [2.45, 2.75) is 6.54 Å². The molecule has 0 saturated heterocycles. The van der Waals surface area contributed by atoms with Gasteiger partial charge in [0.2, 0.25) is 0 Å². The summed E-state index contributed by atoms with van der Waals surface area (Å²) >= 11 is 0. The molecular weight excluding hydrogens is 314 g/mol. The molecule has 0 spiro atoms. The maximum absolute atomic E-state index is 12.2. The van der Waals surface area contributed by atoms with Crippen molar-refractivity contribution in [3.8, 4) is 0 Å². The lowest BCUT2D eigenvalue weighted by molar-refractivity contribution is 0.102. The minimum atomic E-state index is -0.208. The number of rotatable bonds is 4. The topological polar surface area (TPSA) is 72.7 Å². The Morgan fingerprint density at radius 1 is 1.00 bits per heavy atom. The Bertz CT molecular complexity index is 1010. The predicted octanol–water partition coefficient (Wildman–Crippen LogP) is 3.13. The Hall–Kier alpha value is -3.54. The summed E-state index contributed by atoms with van der Waals surface area (Å²) in [4.78, 5) is 24.6. The summed E-state index contributed by atoms with van der Waals surface area (Å²) in [5.74, 6) is 0.224. The number of fused-ring (bicyclic) bond motifs is 1. The van der Waals surface area contributed by atoms with Crippen molar-refractivity contribution < 1.29 is 4.79 Å². The number of carbonyl (C=O) groups excluding carboxylic acids is 1. The van der Waals surface area contributed by atoms with E-state index in [4.69, 9.17) is 0 Å². The molecule has 2 aromatic carbocycles. The quantitative estimate of drug-likeness (QED) is 0.624. The van der Waals surface area contributed by atoms with Crippen LogP contribution in [-0.2, 0) is 6.54 Å². The van der Waals surface area contributed by atoms with E-state index < -0.39 is 0 Å². The SMILES string of the molecule is O=C(Nc1cnccn1)c1ccc(Cn2cnc3ccccc32)cc1. The Labute approximate surface area is 144 Å². The van der Waals surface area contributed by atoms with E-state index in [-0.39, 0.29) is 5.91 Å². The molecule has 0 aliphatic carbocycles. The van der Waals surface area contributed by atoms with Gasteiger partial charge in [0.15, 0.2) is 5.82 Å². The van der Waals surface area contributed by atoms with Crippen LogP contribution in [0.3, 0.4) is 0 Å². The first kappa shape index (κ1) is 15.0. The van der Waals surface area contributed by atoms with E-state index in [1.54, 1.807) is 18.3 Å². The molecule has 0 radical (unpaired) electrons. The summed E-state index contributed by atoms with van der Waals surface area (Å²) < 4.78 is 2.09. The molecule has 4 rings (SSSR count). The molecule has 0 saturated carbocycles. The van der Waals surface area contributed by atoms with E-state index >= 15 is 0 Å². The monoisotopic (exact) mass is 329 g/mol. The number of aromatic nitrogens is 4. The Morgan fingerprint density at radius 3 is 2.64 bits per heavy atom. The standard InChI is InChI=1S/C19H15N5O/c25-19(23-18-11-20-9-10-21-18)15-7-5-14(6-8-15)12-24-13-22-16-3-1-2-4-17(16)24/h1-11,13H,12H2,(H,21,23,25). The highest BCUT2D eigenvalue weighted by atomic mass is 16.1. The number of anilines is 1. The van der Waals surface area contributed by atoms with E-state index in [2.05, 4.69) is 24.8 Å². The van der Waals surface area contributed by atoms with Crippen LogP contribution in [0.2, 0.25) is 0 Å². The minimum Gasteiger partial charge on any atom is -0.326 e. The van der Waals surface area contributed by atoms with Gasteiger partial charge in [0.05, 0.1) is 23.6 Å². The molecule has 0 unspecified atom stereocenters. The van der Waals surface area contributed by atoms with Gasteiger partial charge in [-0.05, 0) is 29.8 Å². The molecule has 6 heteroatoms. The average Bonchev–Trinajstić information content (AvgIpc) is 3.06. The van der Waals surface area contributed by atoms with Gasteiger partial charge < -0.3 is 9.88 Å². The van der Waals surface area contributed by atoms with Gasteiger partial charge in [-0.3, -0.25) is 9.78 Å². The second kappa shape index (κ2) is 6.52. The van der Waals surface area contributed by atoms with Crippen molar-refractivity contribution in [3.63, 3.8) is 0 Å². The summed E-state index contributed by atoms with van der Waals surface area (Å²) in [5, 5.41) is 2.72. The van der Waals surface area contributed by atoms with Crippen LogP contribution in [0.4, 0.5) is 5.82 Å². The molecule has 0 aliphatic rings. The first-order valence-electron chi connectivity index (χ1n) is 7.86. The molecule has 0 aliphatic heterocycles. The van der Waals surface area contributed by atoms with Gasteiger partial charge in [-0.2, -0.15) is 0 Å². The molecule has 2 aromatic heterocycles. The van der Waals surface area contributed by atoms with Gasteiger partial charge in [0.25, 0.3) is 5.91 Å². The number of nitrogens with one attached hydrogen (secondary N) is 1. The van der Waals surface area contributed by atoms with Gasteiger partial charge in [-0.1, -0.05) is 24.3 Å². The van der Waals surface area contributed by atoms with Crippen LogP contribution in [0.15, 0.2) is 73.4 Å². The lowest BCUT2D eigenvalue weighted by Gasteiger charge is -2.07. The third-order valence-corrected chi connectivity index (χ3v) is 3.90. The van der Waals surface area contributed by atoms with Gasteiger partial charge in [0, 0.05) is 24.5 Å². The smallest absolute Gasteiger partial charge is 0.256 e. The number of benzene rings is 2. The number of hydrogen-bond acceptors (Lipinski definition) is 4. The van der Waals surface area contributed by atoms with E-state index in [9.17, 15) is 4.79 Å². The van der Waals surface area contributed by atoms with E-state index in [0.29, 0.717) is 17.9 Å². The largest absolute Gasteiger partial charge is 0.326 e. The van der Waals surface area contributed by atoms with Gasteiger partial charge >= 0.3 is 0 Å². The molecule has 0 bridgehead atoms. The summed E-state index contributed by atoms with van der Waals surface area (Å²) in [5.41, 5.74) is 3.73. The lowest BCUT2D eigenvalue weighted by Crippen LogP contribution is -2.13. The average molecular weight is 329 g/mol. The molecular formula is C19H15N5O. The molecule has 122 valence electrons. The number of hydrogen-bond donors (Lipinski definition) is 1. The fourth-order valence-corrected chi connectivity index (χ4v) is 2.65.